The van der Waals surface area contributed by atoms with Crippen LogP contribution in [0, 0.1) is 25.2 Å². The molecule has 3 heteroatoms. The van der Waals surface area contributed by atoms with Crippen molar-refractivity contribution in [3.63, 3.8) is 0 Å². The minimum atomic E-state index is -0.582. The van der Waals surface area contributed by atoms with E-state index >= 15 is 0 Å². The highest BCUT2D eigenvalue weighted by Gasteiger charge is 2.14. The van der Waals surface area contributed by atoms with Crippen LogP contribution in [0.25, 0.3) is 0 Å². The number of nitriles is 1. The Labute approximate surface area is 126 Å². The second kappa shape index (κ2) is 5.99. The molecule has 0 heterocycles. The molecule has 2 aromatic carbocycles. The van der Waals surface area contributed by atoms with Gasteiger partial charge in [0.05, 0.1) is 17.7 Å². The first kappa shape index (κ1) is 15.1. The Morgan fingerprint density at radius 1 is 1.10 bits per heavy atom. The van der Waals surface area contributed by atoms with Crippen LogP contribution in [-0.2, 0) is 0 Å². The van der Waals surface area contributed by atoms with E-state index in [1.54, 1.807) is 13.0 Å². The zero-order valence-electron chi connectivity index (χ0n) is 12.9. The van der Waals surface area contributed by atoms with Crippen molar-refractivity contribution >= 4 is 11.4 Å². The smallest absolute Gasteiger partial charge is 0.0992 e. The van der Waals surface area contributed by atoms with Gasteiger partial charge in [0.2, 0.25) is 0 Å². The van der Waals surface area contributed by atoms with Gasteiger partial charge in [-0.05, 0) is 56.2 Å². The van der Waals surface area contributed by atoms with Crippen molar-refractivity contribution in [2.24, 2.45) is 0 Å². The number of benzene rings is 2. The van der Waals surface area contributed by atoms with Crippen molar-refractivity contribution in [2.45, 2.75) is 26.9 Å². The Morgan fingerprint density at radius 2 is 1.71 bits per heavy atom. The molecule has 2 rings (SSSR count). The molecule has 3 nitrogen and oxygen atoms in total. The highest BCUT2D eigenvalue weighted by molar-refractivity contribution is 5.69. The summed E-state index contributed by atoms with van der Waals surface area (Å²) in [5.41, 5.74) is 5.68. The molecule has 0 saturated heterocycles. The zero-order chi connectivity index (χ0) is 15.6. The minimum absolute atomic E-state index is 0.582. The van der Waals surface area contributed by atoms with Crippen molar-refractivity contribution in [1.29, 1.82) is 5.26 Å². The number of anilines is 2. The monoisotopic (exact) mass is 280 g/mol. The number of aliphatic hydroxyl groups is 1. The molecule has 2 aromatic rings. The summed E-state index contributed by atoms with van der Waals surface area (Å²) >= 11 is 0. The summed E-state index contributed by atoms with van der Waals surface area (Å²) in [5.74, 6) is 0. The first-order valence-electron chi connectivity index (χ1n) is 6.96. The molecular formula is C18H20N2O. The standard InChI is InChI=1S/C18H20N2O/c1-12-7-13(2)9-16(8-12)20(4)18-10-15(11-19)5-6-17(18)14(3)21/h5-10,14,21H,1-4H3. The van der Waals surface area contributed by atoms with Crippen LogP contribution >= 0.6 is 0 Å². The normalized spacial score (nSPS) is 11.8. The van der Waals surface area contributed by atoms with E-state index in [1.165, 1.54) is 11.1 Å². The van der Waals surface area contributed by atoms with Crippen LogP contribution in [-0.4, -0.2) is 12.2 Å². The van der Waals surface area contributed by atoms with Crippen molar-refractivity contribution in [3.8, 4) is 6.07 Å². The third kappa shape index (κ3) is 3.24. The van der Waals surface area contributed by atoms with E-state index in [9.17, 15) is 5.11 Å². The second-order valence-electron chi connectivity index (χ2n) is 5.47. The van der Waals surface area contributed by atoms with Gasteiger partial charge in [0.1, 0.15) is 0 Å². The molecule has 1 unspecified atom stereocenters. The van der Waals surface area contributed by atoms with Gasteiger partial charge in [-0.3, -0.25) is 0 Å². The van der Waals surface area contributed by atoms with Crippen LogP contribution in [0.2, 0.25) is 0 Å². The first-order valence-corrected chi connectivity index (χ1v) is 6.96. The summed E-state index contributed by atoms with van der Waals surface area (Å²) < 4.78 is 0. The molecule has 108 valence electrons. The Bertz CT molecular complexity index is 679. The van der Waals surface area contributed by atoms with Gasteiger partial charge < -0.3 is 10.0 Å². The topological polar surface area (TPSA) is 47.3 Å². The zero-order valence-corrected chi connectivity index (χ0v) is 12.9. The molecule has 0 spiro atoms. The molecule has 0 aliphatic heterocycles. The number of aryl methyl sites for hydroxylation is 2. The quantitative estimate of drug-likeness (QED) is 0.924. The maximum absolute atomic E-state index is 9.96. The van der Waals surface area contributed by atoms with Crippen LogP contribution < -0.4 is 4.90 Å². The van der Waals surface area contributed by atoms with Gasteiger partial charge in [0.15, 0.2) is 0 Å². The summed E-state index contributed by atoms with van der Waals surface area (Å²) in [6, 6.07) is 13.8. The van der Waals surface area contributed by atoms with Gasteiger partial charge in [-0.2, -0.15) is 5.26 Å². The van der Waals surface area contributed by atoms with Crippen LogP contribution in [0.4, 0.5) is 11.4 Å². The van der Waals surface area contributed by atoms with Gasteiger partial charge in [0, 0.05) is 24.0 Å². The Hall–Kier alpha value is -2.31. The number of hydrogen-bond donors (Lipinski definition) is 1. The minimum Gasteiger partial charge on any atom is -0.389 e. The van der Waals surface area contributed by atoms with Crippen molar-refractivity contribution < 1.29 is 5.11 Å². The van der Waals surface area contributed by atoms with E-state index in [0.29, 0.717) is 5.56 Å². The van der Waals surface area contributed by atoms with Gasteiger partial charge in [-0.25, -0.2) is 0 Å². The van der Waals surface area contributed by atoms with Crippen LogP contribution in [0.5, 0.6) is 0 Å². The number of hydrogen-bond acceptors (Lipinski definition) is 3. The molecule has 0 bridgehead atoms. The molecule has 1 atom stereocenters. The number of nitrogens with zero attached hydrogens (tertiary/aromatic N) is 2. The molecule has 1 N–H and O–H groups in total. The summed E-state index contributed by atoms with van der Waals surface area (Å²) in [6.07, 6.45) is -0.582. The number of rotatable bonds is 3. The average molecular weight is 280 g/mol. The van der Waals surface area contributed by atoms with Gasteiger partial charge in [-0.1, -0.05) is 12.1 Å². The molecule has 0 amide bonds. The Kier molecular flexibility index (Phi) is 4.30. The second-order valence-corrected chi connectivity index (χ2v) is 5.47. The third-order valence-electron chi connectivity index (χ3n) is 3.56. The lowest BCUT2D eigenvalue weighted by Gasteiger charge is -2.25. The van der Waals surface area contributed by atoms with Crippen LogP contribution in [0.15, 0.2) is 36.4 Å². The van der Waals surface area contributed by atoms with Crippen LogP contribution in [0.1, 0.15) is 35.3 Å². The molecule has 0 aromatic heterocycles. The fourth-order valence-electron chi connectivity index (χ4n) is 2.54. The highest BCUT2D eigenvalue weighted by Crippen LogP contribution is 2.32. The lowest BCUT2D eigenvalue weighted by Crippen LogP contribution is -2.13. The largest absolute Gasteiger partial charge is 0.389 e. The fourth-order valence-corrected chi connectivity index (χ4v) is 2.54. The Balaban J connectivity index is 2.56. The maximum Gasteiger partial charge on any atom is 0.0992 e. The van der Waals surface area contributed by atoms with E-state index in [4.69, 9.17) is 5.26 Å². The molecule has 0 fully saturated rings. The predicted molar refractivity (Wildman–Crippen MR) is 85.8 cm³/mol. The first-order chi connectivity index (χ1) is 9.92. The average Bonchev–Trinajstić information content (AvgIpc) is 2.44. The molecular weight excluding hydrogens is 260 g/mol. The fraction of sp³-hybridized carbons (Fsp3) is 0.278. The Morgan fingerprint density at radius 3 is 2.24 bits per heavy atom. The van der Waals surface area contributed by atoms with E-state index in [1.807, 2.05) is 24.1 Å². The van der Waals surface area contributed by atoms with Crippen molar-refractivity contribution in [2.75, 3.05) is 11.9 Å². The van der Waals surface area contributed by atoms with E-state index in [0.717, 1.165) is 16.9 Å². The SMILES string of the molecule is Cc1cc(C)cc(N(C)c2cc(C#N)ccc2C(C)O)c1. The van der Waals surface area contributed by atoms with E-state index < -0.39 is 6.10 Å². The molecule has 0 saturated carbocycles. The van der Waals surface area contributed by atoms with Gasteiger partial charge >= 0.3 is 0 Å². The van der Waals surface area contributed by atoms with Crippen LogP contribution in [0.3, 0.4) is 0 Å². The summed E-state index contributed by atoms with van der Waals surface area (Å²) in [6.45, 7) is 5.86. The van der Waals surface area contributed by atoms with Gasteiger partial charge in [-0.15, -0.1) is 0 Å². The molecule has 0 radical (unpaired) electrons. The van der Waals surface area contributed by atoms with Crippen molar-refractivity contribution in [1.82, 2.24) is 0 Å². The maximum atomic E-state index is 9.96. The molecule has 0 aliphatic rings. The summed E-state index contributed by atoms with van der Waals surface area (Å²) in [4.78, 5) is 2.02. The van der Waals surface area contributed by atoms with E-state index in [2.05, 4.69) is 38.1 Å². The summed E-state index contributed by atoms with van der Waals surface area (Å²) in [7, 11) is 1.95. The summed E-state index contributed by atoms with van der Waals surface area (Å²) in [5, 5.41) is 19.1. The highest BCUT2D eigenvalue weighted by atomic mass is 16.3. The molecule has 0 aliphatic carbocycles. The van der Waals surface area contributed by atoms with Gasteiger partial charge in [0.25, 0.3) is 0 Å². The predicted octanol–water partition coefficient (Wildman–Crippen LogP) is 4.00. The lowest BCUT2D eigenvalue weighted by atomic mass is 10.0. The number of aliphatic hydroxyl groups excluding tert-OH is 1. The molecule has 21 heavy (non-hydrogen) atoms. The van der Waals surface area contributed by atoms with Crippen molar-refractivity contribution in [3.05, 3.63) is 58.7 Å². The van der Waals surface area contributed by atoms with E-state index in [-0.39, 0.29) is 0 Å². The third-order valence-corrected chi connectivity index (χ3v) is 3.56. The lowest BCUT2D eigenvalue weighted by molar-refractivity contribution is 0.200.